The van der Waals surface area contributed by atoms with Crippen LogP contribution in [-0.4, -0.2) is 34.5 Å². The average molecular weight is 292 g/mol. The first kappa shape index (κ1) is 16.5. The topological polar surface area (TPSA) is 59.0 Å². The maximum Gasteiger partial charge on any atom is 0.405 e. The molecule has 1 aromatic heterocycles. The van der Waals surface area contributed by atoms with E-state index in [0.717, 1.165) is 17.0 Å². The number of aromatic nitrogens is 2. The molecule has 0 aliphatic carbocycles. The van der Waals surface area contributed by atoms with Gasteiger partial charge in [-0.1, -0.05) is 0 Å². The number of carbonyl (C=O) groups excluding carboxylic acids is 1. The number of alkyl halides is 3. The average Bonchev–Trinajstić information content (AvgIpc) is 2.57. The molecule has 0 aliphatic rings. The summed E-state index contributed by atoms with van der Waals surface area (Å²) in [5.41, 5.74) is 2.74. The highest BCUT2D eigenvalue weighted by atomic mass is 19.4. The summed E-state index contributed by atoms with van der Waals surface area (Å²) < 4.78 is 37.7. The Morgan fingerprint density at radius 1 is 1.40 bits per heavy atom. The fraction of sp³-hybridized carbons (Fsp3) is 0.667. The molecule has 1 atom stereocenters. The lowest BCUT2D eigenvalue weighted by Gasteiger charge is -2.15. The number of hydrogen-bond donors (Lipinski definition) is 2. The van der Waals surface area contributed by atoms with Gasteiger partial charge in [0.25, 0.3) is 0 Å². The zero-order valence-electron chi connectivity index (χ0n) is 11.9. The van der Waals surface area contributed by atoms with Crippen molar-refractivity contribution in [3.63, 3.8) is 0 Å². The molecule has 0 bridgehead atoms. The Labute approximate surface area is 115 Å². The SMILES string of the molecule is Cc1nn(C)c(C)c1CNC(C)C(=O)NCC(F)(F)F. The molecule has 1 unspecified atom stereocenters. The van der Waals surface area contributed by atoms with Gasteiger partial charge in [-0.15, -0.1) is 0 Å². The second-order valence-corrected chi connectivity index (χ2v) is 4.71. The van der Waals surface area contributed by atoms with Gasteiger partial charge in [-0.25, -0.2) is 0 Å². The molecule has 114 valence electrons. The predicted octanol–water partition coefficient (Wildman–Crippen LogP) is 1.19. The second kappa shape index (κ2) is 6.25. The van der Waals surface area contributed by atoms with Crippen LogP contribution in [-0.2, 0) is 18.4 Å². The van der Waals surface area contributed by atoms with Crippen molar-refractivity contribution >= 4 is 5.91 Å². The van der Waals surface area contributed by atoms with Gasteiger partial charge < -0.3 is 10.6 Å². The highest BCUT2D eigenvalue weighted by molar-refractivity contribution is 5.81. The number of rotatable bonds is 5. The lowest BCUT2D eigenvalue weighted by molar-refractivity contribution is -0.139. The third-order valence-corrected chi connectivity index (χ3v) is 3.10. The zero-order chi connectivity index (χ0) is 15.5. The van der Waals surface area contributed by atoms with Gasteiger partial charge in [0.2, 0.25) is 5.91 Å². The molecule has 0 saturated heterocycles. The maximum absolute atomic E-state index is 12.0. The van der Waals surface area contributed by atoms with Crippen LogP contribution in [0.2, 0.25) is 0 Å². The molecule has 1 rings (SSSR count). The van der Waals surface area contributed by atoms with Gasteiger partial charge in [-0.05, 0) is 20.8 Å². The Bertz CT molecular complexity index is 482. The first-order valence-corrected chi connectivity index (χ1v) is 6.18. The summed E-state index contributed by atoms with van der Waals surface area (Å²) in [6, 6.07) is -0.712. The van der Waals surface area contributed by atoms with E-state index in [0.29, 0.717) is 6.54 Å². The van der Waals surface area contributed by atoms with Gasteiger partial charge in [-0.2, -0.15) is 18.3 Å². The molecule has 1 heterocycles. The van der Waals surface area contributed by atoms with E-state index < -0.39 is 24.7 Å². The number of nitrogens with zero attached hydrogens (tertiary/aromatic N) is 2. The van der Waals surface area contributed by atoms with E-state index in [2.05, 4.69) is 10.4 Å². The molecular weight excluding hydrogens is 273 g/mol. The monoisotopic (exact) mass is 292 g/mol. The summed E-state index contributed by atoms with van der Waals surface area (Å²) in [6.45, 7) is 4.32. The zero-order valence-corrected chi connectivity index (χ0v) is 11.9. The third kappa shape index (κ3) is 4.52. The standard InChI is InChI=1S/C12H19F3N4O/c1-7-10(9(3)19(4)18-7)5-16-8(2)11(20)17-6-12(13,14)15/h8,16H,5-6H2,1-4H3,(H,17,20). The van der Waals surface area contributed by atoms with Crippen molar-refractivity contribution in [2.45, 2.75) is 39.5 Å². The number of nitrogens with one attached hydrogen (secondary N) is 2. The van der Waals surface area contributed by atoms with Crippen molar-refractivity contribution in [2.24, 2.45) is 7.05 Å². The van der Waals surface area contributed by atoms with E-state index in [1.165, 1.54) is 6.92 Å². The number of hydrogen-bond acceptors (Lipinski definition) is 3. The van der Waals surface area contributed by atoms with Crippen molar-refractivity contribution in [1.29, 1.82) is 0 Å². The minimum absolute atomic E-state index is 0.381. The first-order valence-electron chi connectivity index (χ1n) is 6.18. The molecule has 0 saturated carbocycles. The van der Waals surface area contributed by atoms with Gasteiger partial charge in [0.15, 0.2) is 0 Å². The molecule has 0 radical (unpaired) electrons. The first-order chi connectivity index (χ1) is 9.11. The smallest absolute Gasteiger partial charge is 0.346 e. The van der Waals surface area contributed by atoms with Gasteiger partial charge >= 0.3 is 6.18 Å². The lowest BCUT2D eigenvalue weighted by atomic mass is 10.2. The van der Waals surface area contributed by atoms with E-state index in [1.54, 1.807) is 4.68 Å². The van der Waals surface area contributed by atoms with Gasteiger partial charge in [0.05, 0.1) is 11.7 Å². The predicted molar refractivity (Wildman–Crippen MR) is 68.0 cm³/mol. The van der Waals surface area contributed by atoms with Crippen LogP contribution >= 0.6 is 0 Å². The minimum atomic E-state index is -4.40. The summed E-state index contributed by atoms with van der Waals surface area (Å²) in [5, 5.41) is 8.97. The molecule has 1 amide bonds. The van der Waals surface area contributed by atoms with Crippen molar-refractivity contribution in [2.75, 3.05) is 6.54 Å². The number of amides is 1. The second-order valence-electron chi connectivity index (χ2n) is 4.71. The van der Waals surface area contributed by atoms with Crippen LogP contribution in [0.15, 0.2) is 0 Å². The number of carbonyl (C=O) groups is 1. The van der Waals surface area contributed by atoms with Crippen molar-refractivity contribution < 1.29 is 18.0 Å². The Hall–Kier alpha value is -1.57. The molecule has 8 heteroatoms. The number of aryl methyl sites for hydroxylation is 2. The normalized spacial score (nSPS) is 13.3. The molecule has 5 nitrogen and oxygen atoms in total. The van der Waals surface area contributed by atoms with Crippen LogP contribution < -0.4 is 10.6 Å². The van der Waals surface area contributed by atoms with E-state index in [9.17, 15) is 18.0 Å². The molecule has 20 heavy (non-hydrogen) atoms. The summed E-state index contributed by atoms with van der Waals surface area (Å²) >= 11 is 0. The van der Waals surface area contributed by atoms with E-state index in [4.69, 9.17) is 0 Å². The summed E-state index contributed by atoms with van der Waals surface area (Å²) in [7, 11) is 1.81. The fourth-order valence-corrected chi connectivity index (χ4v) is 1.76. The lowest BCUT2D eigenvalue weighted by Crippen LogP contribution is -2.45. The Morgan fingerprint density at radius 2 is 2.00 bits per heavy atom. The quantitative estimate of drug-likeness (QED) is 0.857. The van der Waals surface area contributed by atoms with Gasteiger partial charge in [0, 0.05) is 24.8 Å². The summed E-state index contributed by atoms with van der Waals surface area (Å²) in [6.07, 6.45) is -4.40. The fourth-order valence-electron chi connectivity index (χ4n) is 1.76. The highest BCUT2D eigenvalue weighted by Crippen LogP contribution is 2.13. The number of halogens is 3. The van der Waals surface area contributed by atoms with Crippen LogP contribution in [0.4, 0.5) is 13.2 Å². The van der Waals surface area contributed by atoms with Crippen LogP contribution in [0.25, 0.3) is 0 Å². The molecule has 2 N–H and O–H groups in total. The minimum Gasteiger partial charge on any atom is -0.346 e. The van der Waals surface area contributed by atoms with Crippen LogP contribution in [0.1, 0.15) is 23.9 Å². The van der Waals surface area contributed by atoms with Crippen LogP contribution in [0.3, 0.4) is 0 Å². The van der Waals surface area contributed by atoms with E-state index in [-0.39, 0.29) is 0 Å². The van der Waals surface area contributed by atoms with E-state index >= 15 is 0 Å². The molecule has 1 aromatic rings. The van der Waals surface area contributed by atoms with Gasteiger partial charge in [0.1, 0.15) is 6.54 Å². The largest absolute Gasteiger partial charge is 0.405 e. The van der Waals surface area contributed by atoms with E-state index in [1.807, 2.05) is 26.2 Å². The van der Waals surface area contributed by atoms with Crippen molar-refractivity contribution in [1.82, 2.24) is 20.4 Å². The van der Waals surface area contributed by atoms with Crippen molar-refractivity contribution in [3.8, 4) is 0 Å². The van der Waals surface area contributed by atoms with Gasteiger partial charge in [-0.3, -0.25) is 9.48 Å². The van der Waals surface area contributed by atoms with Crippen LogP contribution in [0, 0.1) is 13.8 Å². The highest BCUT2D eigenvalue weighted by Gasteiger charge is 2.28. The Kier molecular flexibility index (Phi) is 5.15. The van der Waals surface area contributed by atoms with Crippen LogP contribution in [0.5, 0.6) is 0 Å². The molecule has 0 aromatic carbocycles. The maximum atomic E-state index is 12.0. The Balaban J connectivity index is 2.50. The summed E-state index contributed by atoms with van der Waals surface area (Å²) in [5.74, 6) is -0.679. The molecular formula is C12H19F3N4O. The molecule has 0 fully saturated rings. The third-order valence-electron chi connectivity index (χ3n) is 3.10. The molecule has 0 aliphatic heterocycles. The molecule has 0 spiro atoms. The summed E-state index contributed by atoms with van der Waals surface area (Å²) in [4.78, 5) is 11.5. The Morgan fingerprint density at radius 3 is 2.45 bits per heavy atom. The van der Waals surface area contributed by atoms with Crippen molar-refractivity contribution in [3.05, 3.63) is 17.0 Å².